The van der Waals surface area contributed by atoms with Gasteiger partial charge in [0.05, 0.1) is 6.61 Å². The first-order chi connectivity index (χ1) is 6.20. The molecule has 0 aliphatic heterocycles. The summed E-state index contributed by atoms with van der Waals surface area (Å²) < 4.78 is 0. The highest BCUT2D eigenvalue weighted by molar-refractivity contribution is 4.66. The Labute approximate surface area is 82.7 Å². The van der Waals surface area contributed by atoms with Gasteiger partial charge in [0.15, 0.2) is 0 Å². The molecule has 0 aromatic carbocycles. The molecule has 0 amide bonds. The average molecular weight is 187 g/mol. The van der Waals surface area contributed by atoms with Gasteiger partial charge in [-0.05, 0) is 20.3 Å². The average Bonchev–Trinajstić information content (AvgIpc) is 2.12. The predicted molar refractivity (Wildman–Crippen MR) is 57.9 cm³/mol. The number of aliphatic hydroxyl groups is 1. The van der Waals surface area contributed by atoms with Crippen LogP contribution in [0.1, 0.15) is 52.9 Å². The Hall–Kier alpha value is -0.0800. The monoisotopic (exact) mass is 187 g/mol. The van der Waals surface area contributed by atoms with E-state index in [2.05, 4.69) is 19.2 Å². The van der Waals surface area contributed by atoms with Crippen molar-refractivity contribution in [3.63, 3.8) is 0 Å². The van der Waals surface area contributed by atoms with E-state index in [-0.39, 0.29) is 12.6 Å². The highest BCUT2D eigenvalue weighted by Crippen LogP contribution is 2.05. The summed E-state index contributed by atoms with van der Waals surface area (Å²) in [6.07, 6.45) is 6.53. The summed E-state index contributed by atoms with van der Waals surface area (Å²) in [5.74, 6) is 0. The van der Waals surface area contributed by atoms with Crippen LogP contribution in [0.25, 0.3) is 0 Å². The normalized spacial score (nSPS) is 15.7. The Bertz CT molecular complexity index is 106. The Morgan fingerprint density at radius 2 is 1.77 bits per heavy atom. The SMILES string of the molecule is CCCCCC[C@@H](C)N[C@@H](C)CO. The third kappa shape index (κ3) is 8.26. The van der Waals surface area contributed by atoms with Gasteiger partial charge in [0.1, 0.15) is 0 Å². The minimum Gasteiger partial charge on any atom is -0.395 e. The summed E-state index contributed by atoms with van der Waals surface area (Å²) in [4.78, 5) is 0. The van der Waals surface area contributed by atoms with Crippen LogP contribution in [0.2, 0.25) is 0 Å². The van der Waals surface area contributed by atoms with Crippen molar-refractivity contribution in [1.29, 1.82) is 0 Å². The van der Waals surface area contributed by atoms with E-state index in [4.69, 9.17) is 5.11 Å². The molecule has 0 radical (unpaired) electrons. The quantitative estimate of drug-likeness (QED) is 0.572. The molecule has 0 aliphatic rings. The van der Waals surface area contributed by atoms with Crippen molar-refractivity contribution < 1.29 is 5.11 Å². The maximum absolute atomic E-state index is 8.83. The lowest BCUT2D eigenvalue weighted by molar-refractivity contribution is 0.240. The zero-order valence-electron chi connectivity index (χ0n) is 9.34. The maximum Gasteiger partial charge on any atom is 0.0582 e. The molecule has 0 unspecified atom stereocenters. The Morgan fingerprint density at radius 3 is 2.31 bits per heavy atom. The van der Waals surface area contributed by atoms with Gasteiger partial charge in [-0.25, -0.2) is 0 Å². The second kappa shape index (κ2) is 8.52. The van der Waals surface area contributed by atoms with Crippen molar-refractivity contribution in [1.82, 2.24) is 5.32 Å². The van der Waals surface area contributed by atoms with Crippen molar-refractivity contribution in [3.05, 3.63) is 0 Å². The number of aliphatic hydroxyl groups excluding tert-OH is 1. The van der Waals surface area contributed by atoms with Crippen molar-refractivity contribution >= 4 is 0 Å². The number of rotatable bonds is 8. The molecule has 0 rings (SSSR count). The molecule has 0 saturated carbocycles. The molecular formula is C11H25NO. The predicted octanol–water partition coefficient (Wildman–Crippen LogP) is 2.32. The fraction of sp³-hybridized carbons (Fsp3) is 1.00. The molecular weight excluding hydrogens is 162 g/mol. The van der Waals surface area contributed by atoms with Crippen LogP contribution in [0, 0.1) is 0 Å². The molecule has 2 N–H and O–H groups in total. The lowest BCUT2D eigenvalue weighted by Crippen LogP contribution is -2.36. The standard InChI is InChI=1S/C11H25NO/c1-4-5-6-7-8-10(2)12-11(3)9-13/h10-13H,4-9H2,1-3H3/t10-,11+/m1/s1. The largest absolute Gasteiger partial charge is 0.395 e. The molecule has 0 aromatic heterocycles. The van der Waals surface area contributed by atoms with E-state index in [1.54, 1.807) is 0 Å². The number of hydrogen-bond acceptors (Lipinski definition) is 2. The van der Waals surface area contributed by atoms with Gasteiger partial charge in [0.2, 0.25) is 0 Å². The van der Waals surface area contributed by atoms with Crippen molar-refractivity contribution in [2.45, 2.75) is 65.0 Å². The first-order valence-electron chi connectivity index (χ1n) is 5.57. The Morgan fingerprint density at radius 1 is 1.08 bits per heavy atom. The number of unbranched alkanes of at least 4 members (excludes halogenated alkanes) is 3. The van der Waals surface area contributed by atoms with Crippen LogP contribution in [0.15, 0.2) is 0 Å². The van der Waals surface area contributed by atoms with Gasteiger partial charge < -0.3 is 10.4 Å². The van der Waals surface area contributed by atoms with Gasteiger partial charge >= 0.3 is 0 Å². The van der Waals surface area contributed by atoms with Gasteiger partial charge in [-0.15, -0.1) is 0 Å². The summed E-state index contributed by atoms with van der Waals surface area (Å²) in [6.45, 7) is 6.68. The number of nitrogens with one attached hydrogen (secondary N) is 1. The molecule has 13 heavy (non-hydrogen) atoms. The van der Waals surface area contributed by atoms with Gasteiger partial charge in [-0.3, -0.25) is 0 Å². The lowest BCUT2D eigenvalue weighted by Gasteiger charge is -2.17. The van der Waals surface area contributed by atoms with E-state index in [0.717, 1.165) is 0 Å². The molecule has 0 saturated heterocycles. The van der Waals surface area contributed by atoms with E-state index in [1.807, 2.05) is 6.92 Å². The second-order valence-corrected chi connectivity index (χ2v) is 4.00. The maximum atomic E-state index is 8.83. The van der Waals surface area contributed by atoms with Crippen molar-refractivity contribution in [2.24, 2.45) is 0 Å². The molecule has 2 atom stereocenters. The van der Waals surface area contributed by atoms with Crippen molar-refractivity contribution in [3.8, 4) is 0 Å². The summed E-state index contributed by atoms with van der Waals surface area (Å²) in [5, 5.41) is 12.2. The van der Waals surface area contributed by atoms with Crippen LogP contribution in [0.5, 0.6) is 0 Å². The molecule has 0 spiro atoms. The van der Waals surface area contributed by atoms with E-state index >= 15 is 0 Å². The minimum absolute atomic E-state index is 0.235. The van der Waals surface area contributed by atoms with Gasteiger partial charge in [0.25, 0.3) is 0 Å². The van der Waals surface area contributed by atoms with Gasteiger partial charge in [0, 0.05) is 12.1 Å². The molecule has 2 heteroatoms. The van der Waals surface area contributed by atoms with Gasteiger partial charge in [-0.2, -0.15) is 0 Å². The zero-order chi connectivity index (χ0) is 10.1. The van der Waals surface area contributed by atoms with E-state index in [1.165, 1.54) is 32.1 Å². The summed E-state index contributed by atoms with van der Waals surface area (Å²) >= 11 is 0. The van der Waals surface area contributed by atoms with Gasteiger partial charge in [-0.1, -0.05) is 32.6 Å². The molecule has 0 bridgehead atoms. The van der Waals surface area contributed by atoms with E-state index in [9.17, 15) is 0 Å². The van der Waals surface area contributed by atoms with E-state index < -0.39 is 0 Å². The second-order valence-electron chi connectivity index (χ2n) is 4.00. The summed E-state index contributed by atoms with van der Waals surface area (Å²) in [5.41, 5.74) is 0. The van der Waals surface area contributed by atoms with Crippen LogP contribution in [0.4, 0.5) is 0 Å². The highest BCUT2D eigenvalue weighted by Gasteiger charge is 2.04. The molecule has 0 aromatic rings. The summed E-state index contributed by atoms with van der Waals surface area (Å²) in [6, 6.07) is 0.778. The lowest BCUT2D eigenvalue weighted by atomic mass is 10.1. The molecule has 80 valence electrons. The van der Waals surface area contributed by atoms with E-state index in [0.29, 0.717) is 6.04 Å². The van der Waals surface area contributed by atoms with Crippen LogP contribution in [-0.2, 0) is 0 Å². The van der Waals surface area contributed by atoms with Crippen LogP contribution < -0.4 is 5.32 Å². The van der Waals surface area contributed by atoms with Crippen LogP contribution >= 0.6 is 0 Å². The zero-order valence-corrected chi connectivity index (χ0v) is 9.34. The highest BCUT2D eigenvalue weighted by atomic mass is 16.3. The third-order valence-electron chi connectivity index (χ3n) is 2.33. The van der Waals surface area contributed by atoms with Crippen molar-refractivity contribution in [2.75, 3.05) is 6.61 Å². The molecule has 0 aliphatic carbocycles. The topological polar surface area (TPSA) is 32.3 Å². The Balaban J connectivity index is 3.24. The smallest absolute Gasteiger partial charge is 0.0582 e. The first-order valence-corrected chi connectivity index (χ1v) is 5.57. The van der Waals surface area contributed by atoms with Crippen LogP contribution in [0.3, 0.4) is 0 Å². The number of hydrogen-bond donors (Lipinski definition) is 2. The van der Waals surface area contributed by atoms with Crippen LogP contribution in [-0.4, -0.2) is 23.8 Å². The molecule has 0 fully saturated rings. The first kappa shape index (κ1) is 12.9. The summed E-state index contributed by atoms with van der Waals surface area (Å²) in [7, 11) is 0. The third-order valence-corrected chi connectivity index (χ3v) is 2.33. The fourth-order valence-electron chi connectivity index (χ4n) is 1.50. The Kier molecular flexibility index (Phi) is 8.46. The minimum atomic E-state index is 0.235. The molecule has 0 heterocycles. The fourth-order valence-corrected chi connectivity index (χ4v) is 1.50. The molecule has 2 nitrogen and oxygen atoms in total.